The van der Waals surface area contributed by atoms with Gasteiger partial charge in [0.05, 0.1) is 18.9 Å². The number of para-hydroxylation sites is 1. The maximum Gasteiger partial charge on any atom is 0.338 e. The highest BCUT2D eigenvalue weighted by Crippen LogP contribution is 2.14. The van der Waals surface area contributed by atoms with Crippen molar-refractivity contribution in [1.29, 1.82) is 0 Å². The first-order chi connectivity index (χ1) is 11.6. The number of carbonyl (C=O) groups excluding carboxylic acids is 2. The number of nitrogens with zero attached hydrogens (tertiary/aromatic N) is 1. The molecule has 0 heterocycles. The zero-order valence-electron chi connectivity index (χ0n) is 12.9. The van der Waals surface area contributed by atoms with Crippen LogP contribution in [0.1, 0.15) is 15.9 Å². The van der Waals surface area contributed by atoms with Crippen molar-refractivity contribution in [3.8, 4) is 5.75 Å². The van der Waals surface area contributed by atoms with Gasteiger partial charge >= 0.3 is 5.97 Å². The summed E-state index contributed by atoms with van der Waals surface area (Å²) in [5, 5.41) is 3.75. The van der Waals surface area contributed by atoms with Crippen molar-refractivity contribution in [1.82, 2.24) is 5.43 Å². The molecule has 1 N–H and O–H groups in total. The van der Waals surface area contributed by atoms with Gasteiger partial charge in [0.15, 0.2) is 18.2 Å². The van der Waals surface area contributed by atoms with Gasteiger partial charge in [0.1, 0.15) is 0 Å². The number of hydrazone groups is 1. The summed E-state index contributed by atoms with van der Waals surface area (Å²) in [6.45, 7) is -0.392. The third-order valence-electron chi connectivity index (χ3n) is 2.95. The lowest BCUT2D eigenvalue weighted by molar-refractivity contribution is -0.123. The molecule has 124 valence electrons. The number of carbonyl (C=O) groups is 2. The minimum atomic E-state index is -0.565. The number of amides is 1. The Hall–Kier alpha value is -3.22. The van der Waals surface area contributed by atoms with E-state index in [1.54, 1.807) is 30.3 Å². The molecular weight excluding hydrogens is 315 g/mol. The number of rotatable bonds is 6. The van der Waals surface area contributed by atoms with Crippen LogP contribution in [0, 0.1) is 5.82 Å². The Morgan fingerprint density at radius 2 is 1.88 bits per heavy atom. The van der Waals surface area contributed by atoms with Crippen molar-refractivity contribution in [2.45, 2.75) is 0 Å². The standard InChI is InChI=1S/C17H15FN2O4/c1-23-17(22)13-7-3-2-6-12(13)10-19-20-16(21)11-24-15-9-5-4-8-14(15)18/h2-10H,11H2,1H3,(H,20,21)/b19-10-. The smallest absolute Gasteiger partial charge is 0.338 e. The summed E-state index contributed by atoms with van der Waals surface area (Å²) in [6.07, 6.45) is 1.31. The Kier molecular flexibility index (Phi) is 6.01. The van der Waals surface area contributed by atoms with Crippen molar-refractivity contribution >= 4 is 18.1 Å². The molecule has 2 rings (SSSR count). The van der Waals surface area contributed by atoms with Crippen LogP contribution >= 0.6 is 0 Å². The number of methoxy groups -OCH3 is 1. The molecule has 0 aliphatic rings. The molecule has 0 bridgehead atoms. The highest BCUT2D eigenvalue weighted by molar-refractivity contribution is 5.99. The monoisotopic (exact) mass is 330 g/mol. The first-order valence-corrected chi connectivity index (χ1v) is 6.98. The molecule has 0 saturated carbocycles. The largest absolute Gasteiger partial charge is 0.481 e. The second-order valence-electron chi connectivity index (χ2n) is 4.59. The van der Waals surface area contributed by atoms with E-state index < -0.39 is 24.3 Å². The number of nitrogens with one attached hydrogen (secondary N) is 1. The molecule has 2 aromatic rings. The lowest BCUT2D eigenvalue weighted by atomic mass is 10.1. The van der Waals surface area contributed by atoms with E-state index in [1.807, 2.05) is 0 Å². The Balaban J connectivity index is 1.91. The van der Waals surface area contributed by atoms with E-state index in [1.165, 1.54) is 31.5 Å². The highest BCUT2D eigenvalue weighted by Gasteiger charge is 2.09. The summed E-state index contributed by atoms with van der Waals surface area (Å²) in [5.41, 5.74) is 3.04. The summed E-state index contributed by atoms with van der Waals surface area (Å²) in [7, 11) is 1.28. The summed E-state index contributed by atoms with van der Waals surface area (Å²) in [5.74, 6) is -1.65. The van der Waals surface area contributed by atoms with Crippen LogP contribution in [0.3, 0.4) is 0 Å². The summed E-state index contributed by atoms with van der Waals surface area (Å²) < 4.78 is 23.0. The van der Waals surface area contributed by atoms with Crippen LogP contribution in [-0.2, 0) is 9.53 Å². The van der Waals surface area contributed by atoms with Crippen molar-refractivity contribution in [3.63, 3.8) is 0 Å². The predicted octanol–water partition coefficient (Wildman–Crippen LogP) is 2.14. The molecule has 24 heavy (non-hydrogen) atoms. The topological polar surface area (TPSA) is 77.0 Å². The normalized spacial score (nSPS) is 10.4. The molecule has 0 aliphatic carbocycles. The minimum absolute atomic E-state index is 0.0207. The van der Waals surface area contributed by atoms with Gasteiger partial charge in [-0.05, 0) is 18.2 Å². The van der Waals surface area contributed by atoms with Crippen LogP contribution < -0.4 is 10.2 Å². The van der Waals surface area contributed by atoms with Crippen LogP contribution in [0.2, 0.25) is 0 Å². The van der Waals surface area contributed by atoms with Crippen molar-refractivity contribution in [2.24, 2.45) is 5.10 Å². The van der Waals surface area contributed by atoms with E-state index in [4.69, 9.17) is 4.74 Å². The van der Waals surface area contributed by atoms with Gasteiger partial charge < -0.3 is 9.47 Å². The minimum Gasteiger partial charge on any atom is -0.481 e. The Morgan fingerprint density at radius 3 is 2.62 bits per heavy atom. The fourth-order valence-electron chi connectivity index (χ4n) is 1.82. The predicted molar refractivity (Wildman–Crippen MR) is 85.4 cm³/mol. The van der Waals surface area contributed by atoms with E-state index in [0.29, 0.717) is 11.1 Å². The van der Waals surface area contributed by atoms with Gasteiger partial charge in [-0.3, -0.25) is 4.79 Å². The zero-order chi connectivity index (χ0) is 17.4. The van der Waals surface area contributed by atoms with Crippen LogP contribution in [0.4, 0.5) is 4.39 Å². The van der Waals surface area contributed by atoms with Gasteiger partial charge in [0.2, 0.25) is 0 Å². The Morgan fingerprint density at radius 1 is 1.17 bits per heavy atom. The van der Waals surface area contributed by atoms with Gasteiger partial charge in [-0.15, -0.1) is 0 Å². The molecule has 0 atom stereocenters. The second kappa shape index (κ2) is 8.42. The fourth-order valence-corrected chi connectivity index (χ4v) is 1.82. The third kappa shape index (κ3) is 4.64. The van der Waals surface area contributed by atoms with Gasteiger partial charge in [0, 0.05) is 5.56 Å². The van der Waals surface area contributed by atoms with Crippen LogP contribution in [0.15, 0.2) is 53.6 Å². The fraction of sp³-hybridized carbons (Fsp3) is 0.118. The maximum atomic E-state index is 13.3. The Labute approximate surface area is 137 Å². The molecule has 6 nitrogen and oxygen atoms in total. The van der Waals surface area contributed by atoms with Crippen LogP contribution in [0.5, 0.6) is 5.75 Å². The first-order valence-electron chi connectivity index (χ1n) is 6.98. The second-order valence-corrected chi connectivity index (χ2v) is 4.59. The van der Waals surface area contributed by atoms with Crippen molar-refractivity contribution in [2.75, 3.05) is 13.7 Å². The lowest BCUT2D eigenvalue weighted by Crippen LogP contribution is -2.25. The number of hydrogen-bond acceptors (Lipinski definition) is 5. The first kappa shape index (κ1) is 17.1. The SMILES string of the molecule is COC(=O)c1ccccc1/C=N\NC(=O)COc1ccccc1F. The molecular formula is C17H15FN2O4. The number of halogens is 1. The summed E-state index contributed by atoms with van der Waals surface area (Å²) in [6, 6.07) is 12.4. The molecule has 0 saturated heterocycles. The molecule has 7 heteroatoms. The lowest BCUT2D eigenvalue weighted by Gasteiger charge is -2.06. The average Bonchev–Trinajstić information content (AvgIpc) is 2.61. The zero-order valence-corrected chi connectivity index (χ0v) is 12.9. The van der Waals surface area contributed by atoms with Crippen LogP contribution in [-0.4, -0.2) is 31.8 Å². The number of benzene rings is 2. The van der Waals surface area contributed by atoms with E-state index in [0.717, 1.165) is 0 Å². The number of ether oxygens (including phenoxy) is 2. The summed E-state index contributed by atoms with van der Waals surface area (Å²) in [4.78, 5) is 23.2. The molecule has 0 aromatic heterocycles. The van der Waals surface area contributed by atoms with E-state index in [2.05, 4.69) is 15.3 Å². The number of hydrogen-bond donors (Lipinski definition) is 1. The Bertz CT molecular complexity index is 762. The van der Waals surface area contributed by atoms with Gasteiger partial charge in [0.25, 0.3) is 5.91 Å². The van der Waals surface area contributed by atoms with Gasteiger partial charge in [-0.2, -0.15) is 5.10 Å². The van der Waals surface area contributed by atoms with Crippen LogP contribution in [0.25, 0.3) is 0 Å². The summed E-state index contributed by atoms with van der Waals surface area (Å²) >= 11 is 0. The molecule has 0 unspecified atom stereocenters. The highest BCUT2D eigenvalue weighted by atomic mass is 19.1. The molecule has 0 fully saturated rings. The third-order valence-corrected chi connectivity index (χ3v) is 2.95. The van der Waals surface area contributed by atoms with E-state index in [9.17, 15) is 14.0 Å². The average molecular weight is 330 g/mol. The van der Waals surface area contributed by atoms with Crippen molar-refractivity contribution in [3.05, 3.63) is 65.5 Å². The maximum absolute atomic E-state index is 13.3. The molecule has 2 aromatic carbocycles. The van der Waals surface area contributed by atoms with Crippen molar-refractivity contribution < 1.29 is 23.5 Å². The van der Waals surface area contributed by atoms with E-state index >= 15 is 0 Å². The molecule has 0 aliphatic heterocycles. The molecule has 0 spiro atoms. The quantitative estimate of drug-likeness (QED) is 0.500. The van der Waals surface area contributed by atoms with Gasteiger partial charge in [-0.1, -0.05) is 30.3 Å². The molecule has 1 amide bonds. The number of esters is 1. The molecule has 0 radical (unpaired) electrons. The van der Waals surface area contributed by atoms with E-state index in [-0.39, 0.29) is 5.75 Å². The van der Waals surface area contributed by atoms with Gasteiger partial charge in [-0.25, -0.2) is 14.6 Å².